The Labute approximate surface area is 119 Å². The Balaban J connectivity index is 1.70. The Hall–Kier alpha value is -2.02. The van der Waals surface area contributed by atoms with Crippen molar-refractivity contribution in [2.75, 3.05) is 12.4 Å². The Morgan fingerprint density at radius 2 is 2.35 bits per heavy atom. The number of carboxylic acids is 1. The maximum Gasteiger partial charge on any atom is 0.313 e. The highest BCUT2D eigenvalue weighted by Crippen LogP contribution is 2.31. The van der Waals surface area contributed by atoms with E-state index in [0.717, 1.165) is 35.3 Å². The van der Waals surface area contributed by atoms with Gasteiger partial charge in [0, 0.05) is 0 Å². The summed E-state index contributed by atoms with van der Waals surface area (Å²) in [5.74, 6) is 0.866. The molecule has 2 aromatic rings. The Bertz CT molecular complexity index is 629. The zero-order valence-corrected chi connectivity index (χ0v) is 11.4. The lowest BCUT2D eigenvalue weighted by Crippen LogP contribution is -2.20. The molecule has 0 saturated heterocycles. The predicted octanol–water partition coefficient (Wildman–Crippen LogP) is 1.70. The normalized spacial score (nSPS) is 17.3. The van der Waals surface area contributed by atoms with E-state index in [1.807, 2.05) is 24.3 Å². The molecule has 104 valence electrons. The third-order valence-corrected chi connectivity index (χ3v) is 3.90. The fraction of sp³-hybridized carbons (Fsp3) is 0.308. The van der Waals surface area contributed by atoms with Crippen LogP contribution in [-0.4, -0.2) is 38.6 Å². The van der Waals surface area contributed by atoms with Crippen molar-refractivity contribution in [1.82, 2.24) is 15.2 Å². The molecule has 0 aliphatic carbocycles. The van der Waals surface area contributed by atoms with Gasteiger partial charge in [0.05, 0.1) is 18.3 Å². The number of hydrogen-bond acceptors (Lipinski definition) is 5. The van der Waals surface area contributed by atoms with Gasteiger partial charge >= 0.3 is 5.97 Å². The number of aromatic nitrogens is 3. The molecule has 3 rings (SSSR count). The molecule has 1 aromatic carbocycles. The number of rotatable bonds is 4. The van der Waals surface area contributed by atoms with Crippen molar-refractivity contribution in [2.24, 2.45) is 0 Å². The van der Waals surface area contributed by atoms with E-state index in [1.54, 1.807) is 0 Å². The monoisotopic (exact) mass is 291 g/mol. The van der Waals surface area contributed by atoms with Crippen LogP contribution in [0.2, 0.25) is 0 Å². The van der Waals surface area contributed by atoms with Crippen LogP contribution in [0.15, 0.2) is 29.4 Å². The summed E-state index contributed by atoms with van der Waals surface area (Å²) < 4.78 is 5.71. The van der Waals surface area contributed by atoms with Crippen molar-refractivity contribution in [3.63, 3.8) is 0 Å². The maximum absolute atomic E-state index is 10.5. The number of carbonyl (C=O) groups is 1. The van der Waals surface area contributed by atoms with Gasteiger partial charge in [0.1, 0.15) is 11.6 Å². The van der Waals surface area contributed by atoms with E-state index < -0.39 is 5.97 Å². The van der Waals surface area contributed by atoms with Crippen LogP contribution in [0, 0.1) is 0 Å². The molecule has 1 aliphatic rings. The molecular weight excluding hydrogens is 278 g/mol. The Morgan fingerprint density at radius 1 is 1.50 bits per heavy atom. The van der Waals surface area contributed by atoms with Gasteiger partial charge in [-0.15, -0.1) is 5.10 Å². The van der Waals surface area contributed by atoms with Crippen LogP contribution < -0.4 is 4.74 Å². The lowest BCUT2D eigenvalue weighted by molar-refractivity contribution is -0.133. The summed E-state index contributed by atoms with van der Waals surface area (Å²) in [5.41, 5.74) is 1.15. The van der Waals surface area contributed by atoms with E-state index in [0.29, 0.717) is 11.8 Å². The first kappa shape index (κ1) is 13.0. The second kappa shape index (κ2) is 5.54. The molecule has 0 amide bonds. The van der Waals surface area contributed by atoms with E-state index in [-0.39, 0.29) is 11.7 Å². The molecule has 0 fully saturated rings. The molecule has 20 heavy (non-hydrogen) atoms. The summed E-state index contributed by atoms with van der Waals surface area (Å²) >= 11 is 1.11. The SMILES string of the molecule is O=C(O)CSc1n[nH]c(C2COc3ccccc3C2)n1. The minimum absolute atomic E-state index is 0.0404. The number of nitrogens with one attached hydrogen (secondary N) is 1. The molecule has 6 nitrogen and oxygen atoms in total. The van der Waals surface area contributed by atoms with Crippen LogP contribution in [0.5, 0.6) is 5.75 Å². The van der Waals surface area contributed by atoms with E-state index >= 15 is 0 Å². The first-order valence-electron chi connectivity index (χ1n) is 6.20. The van der Waals surface area contributed by atoms with Crippen molar-refractivity contribution in [3.05, 3.63) is 35.7 Å². The molecule has 1 aromatic heterocycles. The van der Waals surface area contributed by atoms with Gasteiger partial charge in [-0.3, -0.25) is 9.89 Å². The van der Waals surface area contributed by atoms with E-state index in [2.05, 4.69) is 15.2 Å². The molecule has 0 saturated carbocycles. The number of benzene rings is 1. The number of aromatic amines is 1. The van der Waals surface area contributed by atoms with E-state index in [9.17, 15) is 4.79 Å². The van der Waals surface area contributed by atoms with Gasteiger partial charge in [0.25, 0.3) is 0 Å². The van der Waals surface area contributed by atoms with Crippen molar-refractivity contribution in [1.29, 1.82) is 0 Å². The van der Waals surface area contributed by atoms with Gasteiger partial charge in [0.2, 0.25) is 5.16 Å². The molecule has 2 N–H and O–H groups in total. The number of carboxylic acid groups (broad SMARTS) is 1. The number of fused-ring (bicyclic) bond motifs is 1. The minimum atomic E-state index is -0.878. The van der Waals surface area contributed by atoms with Gasteiger partial charge in [0.15, 0.2) is 0 Å². The van der Waals surface area contributed by atoms with Gasteiger partial charge in [-0.1, -0.05) is 30.0 Å². The number of para-hydroxylation sites is 1. The lowest BCUT2D eigenvalue weighted by atomic mass is 9.96. The summed E-state index contributed by atoms with van der Waals surface area (Å²) in [7, 11) is 0. The Morgan fingerprint density at radius 3 is 3.20 bits per heavy atom. The van der Waals surface area contributed by atoms with Crippen LogP contribution in [0.1, 0.15) is 17.3 Å². The third-order valence-electron chi connectivity index (χ3n) is 3.07. The van der Waals surface area contributed by atoms with Crippen LogP contribution in [0.4, 0.5) is 0 Å². The third kappa shape index (κ3) is 2.77. The van der Waals surface area contributed by atoms with Gasteiger partial charge in [-0.05, 0) is 18.1 Å². The molecule has 0 spiro atoms. The summed E-state index contributed by atoms with van der Waals surface area (Å²) in [4.78, 5) is 14.8. The van der Waals surface area contributed by atoms with Crippen LogP contribution in [0.25, 0.3) is 0 Å². The molecule has 7 heteroatoms. The molecule has 1 aliphatic heterocycles. The van der Waals surface area contributed by atoms with Crippen molar-refractivity contribution >= 4 is 17.7 Å². The molecular formula is C13H13N3O3S. The molecule has 2 heterocycles. The highest BCUT2D eigenvalue weighted by molar-refractivity contribution is 7.99. The van der Waals surface area contributed by atoms with E-state index in [1.165, 1.54) is 0 Å². The average Bonchev–Trinajstić information content (AvgIpc) is 2.93. The predicted molar refractivity (Wildman–Crippen MR) is 73.1 cm³/mol. The summed E-state index contributed by atoms with van der Waals surface area (Å²) in [6.45, 7) is 0.551. The summed E-state index contributed by atoms with van der Waals surface area (Å²) in [5, 5.41) is 16.0. The van der Waals surface area contributed by atoms with Crippen LogP contribution >= 0.6 is 11.8 Å². The molecule has 1 atom stereocenters. The standard InChI is InChI=1S/C13H13N3O3S/c17-11(18)7-20-13-14-12(15-16-13)9-5-8-3-1-2-4-10(8)19-6-9/h1-4,9H,5-7H2,(H,17,18)(H,14,15,16). The van der Waals surface area contributed by atoms with Gasteiger partial charge in [-0.25, -0.2) is 4.98 Å². The number of H-pyrrole nitrogens is 1. The largest absolute Gasteiger partial charge is 0.493 e. The van der Waals surface area contributed by atoms with Crippen LogP contribution in [0.3, 0.4) is 0 Å². The number of nitrogens with zero attached hydrogens (tertiary/aromatic N) is 2. The number of aliphatic carboxylic acids is 1. The second-order valence-electron chi connectivity index (χ2n) is 4.51. The smallest absolute Gasteiger partial charge is 0.313 e. The quantitative estimate of drug-likeness (QED) is 0.834. The fourth-order valence-corrected chi connectivity index (χ4v) is 2.66. The zero-order chi connectivity index (χ0) is 13.9. The van der Waals surface area contributed by atoms with Crippen LogP contribution in [-0.2, 0) is 11.2 Å². The number of ether oxygens (including phenoxy) is 1. The van der Waals surface area contributed by atoms with E-state index in [4.69, 9.17) is 9.84 Å². The van der Waals surface area contributed by atoms with Gasteiger partial charge < -0.3 is 9.84 Å². The Kier molecular flexibility index (Phi) is 3.60. The fourth-order valence-electron chi connectivity index (χ4n) is 2.14. The average molecular weight is 291 g/mol. The summed E-state index contributed by atoms with van der Waals surface area (Å²) in [6.07, 6.45) is 0.842. The number of thioether (sulfide) groups is 1. The molecule has 0 bridgehead atoms. The zero-order valence-electron chi connectivity index (χ0n) is 10.6. The van der Waals surface area contributed by atoms with Crippen molar-refractivity contribution in [2.45, 2.75) is 17.5 Å². The van der Waals surface area contributed by atoms with Crippen molar-refractivity contribution < 1.29 is 14.6 Å². The first-order valence-corrected chi connectivity index (χ1v) is 7.18. The maximum atomic E-state index is 10.5. The highest BCUT2D eigenvalue weighted by Gasteiger charge is 2.24. The lowest BCUT2D eigenvalue weighted by Gasteiger charge is -2.23. The number of hydrogen-bond donors (Lipinski definition) is 2. The van der Waals surface area contributed by atoms with Gasteiger partial charge in [-0.2, -0.15) is 0 Å². The van der Waals surface area contributed by atoms with Crippen molar-refractivity contribution in [3.8, 4) is 5.75 Å². The molecule has 0 radical (unpaired) electrons. The summed E-state index contributed by atoms with van der Waals surface area (Å²) in [6, 6.07) is 7.94. The first-order chi connectivity index (χ1) is 9.72. The minimum Gasteiger partial charge on any atom is -0.493 e. The highest BCUT2D eigenvalue weighted by atomic mass is 32.2. The molecule has 1 unspecified atom stereocenters. The second-order valence-corrected chi connectivity index (χ2v) is 5.45. The topological polar surface area (TPSA) is 88.1 Å².